The zero-order chi connectivity index (χ0) is 16.9. The summed E-state index contributed by atoms with van der Waals surface area (Å²) < 4.78 is 0. The molecular weight excluding hydrogens is 290 g/mol. The molecule has 0 radical (unpaired) electrons. The molecular formula is C18H33N3O2. The van der Waals surface area contributed by atoms with Gasteiger partial charge in [-0.05, 0) is 18.3 Å². The Hall–Kier alpha value is -1.10. The van der Waals surface area contributed by atoms with Crippen LogP contribution in [0.25, 0.3) is 0 Å². The van der Waals surface area contributed by atoms with Crippen molar-refractivity contribution in [2.45, 2.75) is 52.9 Å². The van der Waals surface area contributed by atoms with Crippen LogP contribution in [0.4, 0.5) is 0 Å². The SMILES string of the molecule is CC(C)(C)CC(=O)N1CCN(CC(=O)N2CCCCCC2)CC1. The summed E-state index contributed by atoms with van der Waals surface area (Å²) in [5, 5.41) is 0. The highest BCUT2D eigenvalue weighted by molar-refractivity contribution is 5.78. The van der Waals surface area contributed by atoms with E-state index in [1.807, 2.05) is 9.80 Å². The van der Waals surface area contributed by atoms with Crippen LogP contribution in [0.2, 0.25) is 0 Å². The van der Waals surface area contributed by atoms with Crippen molar-refractivity contribution in [3.63, 3.8) is 0 Å². The predicted octanol–water partition coefficient (Wildman–Crippen LogP) is 1.97. The lowest BCUT2D eigenvalue weighted by Gasteiger charge is -2.36. The van der Waals surface area contributed by atoms with Gasteiger partial charge in [-0.15, -0.1) is 0 Å². The van der Waals surface area contributed by atoms with Crippen molar-refractivity contribution in [3.8, 4) is 0 Å². The van der Waals surface area contributed by atoms with Crippen LogP contribution >= 0.6 is 0 Å². The normalized spacial score (nSPS) is 21.2. The predicted molar refractivity (Wildman–Crippen MR) is 92.1 cm³/mol. The average Bonchev–Trinajstić information content (AvgIpc) is 2.75. The molecule has 2 aliphatic heterocycles. The molecule has 2 fully saturated rings. The Morgan fingerprint density at radius 3 is 1.78 bits per heavy atom. The molecule has 0 aromatic carbocycles. The number of carbonyl (C=O) groups is 2. The fourth-order valence-corrected chi connectivity index (χ4v) is 3.33. The van der Waals surface area contributed by atoms with Crippen molar-refractivity contribution in [2.75, 3.05) is 45.8 Å². The van der Waals surface area contributed by atoms with Crippen LogP contribution in [0.15, 0.2) is 0 Å². The van der Waals surface area contributed by atoms with E-state index in [0.29, 0.717) is 13.0 Å². The van der Waals surface area contributed by atoms with E-state index in [-0.39, 0.29) is 17.2 Å². The summed E-state index contributed by atoms with van der Waals surface area (Å²) in [6.45, 7) is 11.8. The number of hydrogen-bond acceptors (Lipinski definition) is 3. The van der Waals surface area contributed by atoms with Crippen molar-refractivity contribution >= 4 is 11.8 Å². The molecule has 0 bridgehead atoms. The van der Waals surface area contributed by atoms with Crippen LogP contribution in [-0.2, 0) is 9.59 Å². The topological polar surface area (TPSA) is 43.9 Å². The molecule has 0 unspecified atom stereocenters. The van der Waals surface area contributed by atoms with Gasteiger partial charge in [0.25, 0.3) is 0 Å². The van der Waals surface area contributed by atoms with Crippen molar-refractivity contribution in [1.82, 2.24) is 14.7 Å². The summed E-state index contributed by atoms with van der Waals surface area (Å²) in [4.78, 5) is 30.9. The molecule has 0 aromatic rings. The lowest BCUT2D eigenvalue weighted by Crippen LogP contribution is -2.52. The quantitative estimate of drug-likeness (QED) is 0.797. The van der Waals surface area contributed by atoms with Crippen molar-refractivity contribution in [1.29, 1.82) is 0 Å². The van der Waals surface area contributed by atoms with E-state index in [2.05, 4.69) is 25.7 Å². The second-order valence-electron chi connectivity index (χ2n) is 8.19. The lowest BCUT2D eigenvalue weighted by molar-refractivity contribution is -0.136. The maximum absolute atomic E-state index is 12.4. The van der Waals surface area contributed by atoms with Gasteiger partial charge in [0.1, 0.15) is 0 Å². The Bertz CT molecular complexity index is 401. The first kappa shape index (κ1) is 18.2. The van der Waals surface area contributed by atoms with Crippen LogP contribution in [0.3, 0.4) is 0 Å². The van der Waals surface area contributed by atoms with Crippen LogP contribution in [0.1, 0.15) is 52.9 Å². The van der Waals surface area contributed by atoms with Crippen molar-refractivity contribution in [3.05, 3.63) is 0 Å². The van der Waals surface area contributed by atoms with Gasteiger partial charge in [0.15, 0.2) is 0 Å². The van der Waals surface area contributed by atoms with Crippen molar-refractivity contribution < 1.29 is 9.59 Å². The van der Waals surface area contributed by atoms with E-state index in [4.69, 9.17) is 0 Å². The fraction of sp³-hybridized carbons (Fsp3) is 0.889. The fourth-order valence-electron chi connectivity index (χ4n) is 3.33. The van der Waals surface area contributed by atoms with Crippen LogP contribution in [0, 0.1) is 5.41 Å². The summed E-state index contributed by atoms with van der Waals surface area (Å²) in [5.41, 5.74) is 0.0386. The highest BCUT2D eigenvalue weighted by atomic mass is 16.2. The molecule has 0 saturated carbocycles. The Labute approximate surface area is 141 Å². The highest BCUT2D eigenvalue weighted by Crippen LogP contribution is 2.20. The van der Waals surface area contributed by atoms with E-state index in [0.717, 1.165) is 52.1 Å². The molecule has 5 nitrogen and oxygen atoms in total. The van der Waals surface area contributed by atoms with Gasteiger partial charge >= 0.3 is 0 Å². The van der Waals surface area contributed by atoms with Gasteiger partial charge in [-0.1, -0.05) is 33.6 Å². The second kappa shape index (κ2) is 8.13. The monoisotopic (exact) mass is 323 g/mol. The van der Waals surface area contributed by atoms with Gasteiger partial charge in [0.05, 0.1) is 6.54 Å². The molecule has 2 rings (SSSR count). The van der Waals surface area contributed by atoms with Crippen molar-refractivity contribution in [2.24, 2.45) is 5.41 Å². The molecule has 2 aliphatic rings. The highest BCUT2D eigenvalue weighted by Gasteiger charge is 2.26. The van der Waals surface area contributed by atoms with E-state index < -0.39 is 0 Å². The molecule has 0 aliphatic carbocycles. The van der Waals surface area contributed by atoms with Gasteiger partial charge in [-0.2, -0.15) is 0 Å². The Balaban J connectivity index is 1.73. The third kappa shape index (κ3) is 6.13. The number of nitrogens with zero attached hydrogens (tertiary/aromatic N) is 3. The molecule has 2 saturated heterocycles. The van der Waals surface area contributed by atoms with Gasteiger partial charge in [-0.25, -0.2) is 0 Å². The summed E-state index contributed by atoms with van der Waals surface area (Å²) >= 11 is 0. The van der Waals surface area contributed by atoms with E-state index in [1.54, 1.807) is 0 Å². The first-order valence-corrected chi connectivity index (χ1v) is 9.13. The second-order valence-corrected chi connectivity index (χ2v) is 8.19. The molecule has 5 heteroatoms. The zero-order valence-electron chi connectivity index (χ0n) is 15.1. The van der Waals surface area contributed by atoms with Gasteiger partial charge < -0.3 is 9.80 Å². The largest absolute Gasteiger partial charge is 0.342 e. The van der Waals surface area contributed by atoms with Gasteiger partial charge in [-0.3, -0.25) is 14.5 Å². The number of piperazine rings is 1. The summed E-state index contributed by atoms with van der Waals surface area (Å²) in [5.74, 6) is 0.511. The number of likely N-dealkylation sites (tertiary alicyclic amines) is 1. The molecule has 0 aromatic heterocycles. The number of hydrogen-bond donors (Lipinski definition) is 0. The first-order chi connectivity index (χ1) is 10.8. The third-order valence-corrected chi connectivity index (χ3v) is 4.72. The standard InChI is InChI=1S/C18H33N3O2/c1-18(2,3)14-16(22)21-12-10-19(11-13-21)15-17(23)20-8-6-4-5-7-9-20/h4-15H2,1-3H3. The Morgan fingerprint density at radius 2 is 1.26 bits per heavy atom. The van der Waals surface area contributed by atoms with E-state index >= 15 is 0 Å². The molecule has 23 heavy (non-hydrogen) atoms. The minimum atomic E-state index is 0.0386. The molecule has 132 valence electrons. The smallest absolute Gasteiger partial charge is 0.236 e. The maximum Gasteiger partial charge on any atom is 0.236 e. The van der Waals surface area contributed by atoms with Crippen LogP contribution in [0.5, 0.6) is 0 Å². The maximum atomic E-state index is 12.4. The third-order valence-electron chi connectivity index (χ3n) is 4.72. The first-order valence-electron chi connectivity index (χ1n) is 9.13. The number of amides is 2. The van der Waals surface area contributed by atoms with Gasteiger partial charge in [0.2, 0.25) is 11.8 Å². The van der Waals surface area contributed by atoms with Crippen LogP contribution < -0.4 is 0 Å². The van der Waals surface area contributed by atoms with Gasteiger partial charge in [0, 0.05) is 45.7 Å². The van der Waals surface area contributed by atoms with E-state index in [1.165, 1.54) is 12.8 Å². The molecule has 0 atom stereocenters. The minimum Gasteiger partial charge on any atom is -0.342 e. The lowest BCUT2D eigenvalue weighted by atomic mass is 9.91. The summed E-state index contributed by atoms with van der Waals surface area (Å²) in [6.07, 6.45) is 5.37. The molecule has 2 heterocycles. The minimum absolute atomic E-state index is 0.0386. The zero-order valence-corrected chi connectivity index (χ0v) is 15.1. The number of carbonyl (C=O) groups excluding carboxylic acids is 2. The Kier molecular flexibility index (Phi) is 6.45. The summed E-state index contributed by atoms with van der Waals surface area (Å²) in [7, 11) is 0. The molecule has 2 amide bonds. The van der Waals surface area contributed by atoms with Crippen LogP contribution in [-0.4, -0.2) is 72.3 Å². The molecule has 0 N–H and O–H groups in total. The van der Waals surface area contributed by atoms with E-state index in [9.17, 15) is 9.59 Å². The average molecular weight is 323 g/mol. The summed E-state index contributed by atoms with van der Waals surface area (Å²) in [6, 6.07) is 0. The Morgan fingerprint density at radius 1 is 0.739 bits per heavy atom. The number of rotatable bonds is 3. The molecule has 0 spiro atoms.